The van der Waals surface area contributed by atoms with E-state index in [0.717, 1.165) is 0 Å². The number of ketones is 1. The van der Waals surface area contributed by atoms with Crippen LogP contribution in [0.4, 0.5) is 0 Å². The molecular formula is C16H16BrNO5. The minimum atomic E-state index is -1.98. The Morgan fingerprint density at radius 1 is 1.17 bits per heavy atom. The maximum atomic E-state index is 12.4. The van der Waals surface area contributed by atoms with Crippen molar-refractivity contribution >= 4 is 39.4 Å². The fourth-order valence-electron chi connectivity index (χ4n) is 2.57. The van der Waals surface area contributed by atoms with E-state index in [9.17, 15) is 14.4 Å². The first kappa shape index (κ1) is 17.3. The number of methoxy groups -OCH3 is 1. The van der Waals surface area contributed by atoms with Crippen LogP contribution in [0.3, 0.4) is 0 Å². The molecule has 122 valence electrons. The Hall–Kier alpha value is -2.02. The number of hydrogen-bond donors (Lipinski definition) is 0. The number of Topliss-reactive ketones (excluding diaryl/α,β-unsaturated/α-hetero) is 1. The van der Waals surface area contributed by atoms with Gasteiger partial charge in [0.05, 0.1) is 19.4 Å². The summed E-state index contributed by atoms with van der Waals surface area (Å²) < 4.78 is 8.08. The molecule has 1 aromatic rings. The lowest BCUT2D eigenvalue weighted by molar-refractivity contribution is -0.160. The highest BCUT2D eigenvalue weighted by molar-refractivity contribution is 9.10. The zero-order valence-electron chi connectivity index (χ0n) is 13.0. The molecule has 0 bridgehead atoms. The van der Waals surface area contributed by atoms with Crippen molar-refractivity contribution in [2.75, 3.05) is 13.7 Å². The first-order valence-corrected chi connectivity index (χ1v) is 7.76. The van der Waals surface area contributed by atoms with E-state index in [2.05, 4.69) is 20.9 Å². The molecule has 1 aromatic carbocycles. The summed E-state index contributed by atoms with van der Waals surface area (Å²) >= 11 is 3.26. The van der Waals surface area contributed by atoms with E-state index in [4.69, 9.17) is 9.47 Å². The standard InChI is InChI=1S/C16H16BrNO5/c1-4-23-14(21)16(10(2)19)15(17,13(20)22-3)12(18-16)11-8-6-5-7-9-11/h5-9H,4H2,1-3H3/t15-,16-/m1/s1. The highest BCUT2D eigenvalue weighted by Crippen LogP contribution is 2.49. The van der Waals surface area contributed by atoms with Crippen LogP contribution < -0.4 is 0 Å². The maximum Gasteiger partial charge on any atom is 0.344 e. The number of ether oxygens (including phenoxy) is 2. The lowest BCUT2D eigenvalue weighted by Gasteiger charge is -2.46. The van der Waals surface area contributed by atoms with Gasteiger partial charge in [0.25, 0.3) is 0 Å². The van der Waals surface area contributed by atoms with E-state index in [1.165, 1.54) is 14.0 Å². The van der Waals surface area contributed by atoms with Crippen LogP contribution in [0.1, 0.15) is 19.4 Å². The van der Waals surface area contributed by atoms with E-state index in [-0.39, 0.29) is 12.3 Å². The molecule has 7 heteroatoms. The van der Waals surface area contributed by atoms with Crippen molar-refractivity contribution in [3.8, 4) is 0 Å². The molecule has 0 unspecified atom stereocenters. The van der Waals surface area contributed by atoms with Gasteiger partial charge in [0, 0.05) is 0 Å². The molecular weight excluding hydrogens is 366 g/mol. The lowest BCUT2D eigenvalue weighted by Crippen LogP contribution is -2.74. The number of aliphatic imine (C=N–C) groups is 1. The minimum Gasteiger partial charge on any atom is -0.468 e. The quantitative estimate of drug-likeness (QED) is 0.440. The largest absolute Gasteiger partial charge is 0.468 e. The Morgan fingerprint density at radius 2 is 1.78 bits per heavy atom. The highest BCUT2D eigenvalue weighted by Gasteiger charge is 2.74. The number of alkyl halides is 1. The molecule has 0 saturated heterocycles. The summed E-state index contributed by atoms with van der Waals surface area (Å²) in [6.45, 7) is 2.87. The predicted octanol–water partition coefficient (Wildman–Crippen LogP) is 1.69. The predicted molar refractivity (Wildman–Crippen MR) is 86.7 cm³/mol. The third-order valence-corrected chi connectivity index (χ3v) is 4.97. The minimum absolute atomic E-state index is 0.0638. The summed E-state index contributed by atoms with van der Waals surface area (Å²) in [5.41, 5.74) is -1.12. The molecule has 0 N–H and O–H groups in total. The fourth-order valence-corrected chi connectivity index (χ4v) is 3.58. The van der Waals surface area contributed by atoms with Crippen molar-refractivity contribution in [2.45, 2.75) is 23.7 Å². The van der Waals surface area contributed by atoms with Crippen molar-refractivity contribution in [1.82, 2.24) is 0 Å². The zero-order chi connectivity index (χ0) is 17.3. The van der Waals surface area contributed by atoms with Gasteiger partial charge in [0.1, 0.15) is 0 Å². The van der Waals surface area contributed by atoms with Gasteiger partial charge in [0.15, 0.2) is 5.78 Å². The smallest absolute Gasteiger partial charge is 0.344 e. The molecule has 0 aliphatic carbocycles. The molecule has 6 nitrogen and oxygen atoms in total. The third kappa shape index (κ3) is 2.30. The van der Waals surface area contributed by atoms with Crippen LogP contribution >= 0.6 is 15.9 Å². The highest BCUT2D eigenvalue weighted by atomic mass is 79.9. The lowest BCUT2D eigenvalue weighted by atomic mass is 9.70. The average Bonchev–Trinajstić information content (AvgIpc) is 2.53. The molecule has 0 radical (unpaired) electrons. The van der Waals surface area contributed by atoms with Gasteiger partial charge >= 0.3 is 11.9 Å². The van der Waals surface area contributed by atoms with Crippen molar-refractivity contribution in [1.29, 1.82) is 0 Å². The summed E-state index contributed by atoms with van der Waals surface area (Å²) in [5.74, 6) is -2.26. The van der Waals surface area contributed by atoms with Crippen LogP contribution in [0.5, 0.6) is 0 Å². The number of carbonyl (C=O) groups is 3. The molecule has 1 aliphatic heterocycles. The third-order valence-electron chi connectivity index (χ3n) is 3.70. The number of hydrogen-bond acceptors (Lipinski definition) is 6. The van der Waals surface area contributed by atoms with Crippen molar-refractivity contribution in [3.05, 3.63) is 35.9 Å². The van der Waals surface area contributed by atoms with Gasteiger partial charge in [-0.1, -0.05) is 46.3 Å². The number of halogens is 1. The van der Waals surface area contributed by atoms with Gasteiger partial charge in [0.2, 0.25) is 9.86 Å². The van der Waals surface area contributed by atoms with Crippen LogP contribution in [-0.2, 0) is 23.9 Å². The first-order chi connectivity index (χ1) is 10.9. The maximum absolute atomic E-state index is 12.4. The van der Waals surface area contributed by atoms with E-state index in [0.29, 0.717) is 5.56 Å². The molecule has 0 saturated carbocycles. The second kappa shape index (κ2) is 6.23. The Balaban J connectivity index is 2.67. The van der Waals surface area contributed by atoms with Crippen LogP contribution in [0.15, 0.2) is 35.3 Å². The van der Waals surface area contributed by atoms with Crippen molar-refractivity contribution in [3.63, 3.8) is 0 Å². The van der Waals surface area contributed by atoms with Gasteiger partial charge in [-0.15, -0.1) is 0 Å². The molecule has 1 aliphatic rings. The number of carbonyl (C=O) groups excluding carboxylic acids is 3. The Labute approximate surface area is 142 Å². The van der Waals surface area contributed by atoms with Gasteiger partial charge in [-0.2, -0.15) is 0 Å². The second-order valence-corrected chi connectivity index (χ2v) is 6.15. The van der Waals surface area contributed by atoms with E-state index in [1.54, 1.807) is 37.3 Å². The zero-order valence-corrected chi connectivity index (χ0v) is 14.5. The Morgan fingerprint density at radius 3 is 2.26 bits per heavy atom. The van der Waals surface area contributed by atoms with Crippen LogP contribution in [0, 0.1) is 0 Å². The molecule has 1 heterocycles. The first-order valence-electron chi connectivity index (χ1n) is 6.97. The molecule has 0 fully saturated rings. The van der Waals surface area contributed by atoms with Crippen LogP contribution in [-0.4, -0.2) is 47.0 Å². The van der Waals surface area contributed by atoms with Gasteiger partial charge in [-0.3, -0.25) is 9.79 Å². The number of benzene rings is 1. The molecule has 2 rings (SSSR count). The van der Waals surface area contributed by atoms with Crippen molar-refractivity contribution in [2.24, 2.45) is 4.99 Å². The summed E-state index contributed by atoms with van der Waals surface area (Å²) in [7, 11) is 1.18. The molecule has 23 heavy (non-hydrogen) atoms. The van der Waals surface area contributed by atoms with E-state index in [1.807, 2.05) is 0 Å². The van der Waals surface area contributed by atoms with Crippen LogP contribution in [0.25, 0.3) is 0 Å². The topological polar surface area (TPSA) is 82.0 Å². The molecule has 0 amide bonds. The van der Waals surface area contributed by atoms with Gasteiger partial charge in [-0.25, -0.2) is 9.59 Å². The average molecular weight is 382 g/mol. The van der Waals surface area contributed by atoms with Crippen LogP contribution in [0.2, 0.25) is 0 Å². The van der Waals surface area contributed by atoms with E-state index < -0.39 is 27.6 Å². The molecule has 0 aromatic heterocycles. The van der Waals surface area contributed by atoms with E-state index >= 15 is 0 Å². The summed E-state index contributed by atoms with van der Waals surface area (Å²) in [6.07, 6.45) is 0. The Kier molecular flexibility index (Phi) is 4.70. The second-order valence-electron chi connectivity index (χ2n) is 4.96. The molecule has 0 spiro atoms. The Bertz CT molecular complexity index is 687. The normalized spacial score (nSPS) is 25.8. The van der Waals surface area contributed by atoms with Gasteiger partial charge < -0.3 is 9.47 Å². The monoisotopic (exact) mass is 381 g/mol. The van der Waals surface area contributed by atoms with Crippen molar-refractivity contribution < 1.29 is 23.9 Å². The number of rotatable bonds is 5. The summed E-state index contributed by atoms with van der Waals surface area (Å²) in [5, 5.41) is 0. The molecule has 2 atom stereocenters. The number of nitrogens with zero attached hydrogens (tertiary/aromatic N) is 1. The SMILES string of the molecule is CCOC(=O)[C@@]1(C(C)=O)N=C(c2ccccc2)[C@@]1(Br)C(=O)OC. The van der Waals surface area contributed by atoms with Gasteiger partial charge in [-0.05, 0) is 19.4 Å². The fraction of sp³-hybridized carbons (Fsp3) is 0.375. The summed E-state index contributed by atoms with van der Waals surface area (Å²) in [6, 6.07) is 8.79. The number of esters is 2. The summed E-state index contributed by atoms with van der Waals surface area (Å²) in [4.78, 5) is 41.3.